The van der Waals surface area contributed by atoms with E-state index in [-0.39, 0.29) is 11.9 Å². The van der Waals surface area contributed by atoms with Gasteiger partial charge in [0.2, 0.25) is 0 Å². The molecule has 2 aromatic rings. The lowest BCUT2D eigenvalue weighted by molar-refractivity contribution is 0.0932. The number of carbonyl (C=O) groups is 1. The molecule has 1 aliphatic rings. The molecule has 2 N–H and O–H groups in total. The number of aromatic amines is 1. The van der Waals surface area contributed by atoms with Crippen molar-refractivity contribution < 1.29 is 4.79 Å². The Morgan fingerprint density at radius 2 is 2.50 bits per heavy atom. The van der Waals surface area contributed by atoms with E-state index in [1.54, 1.807) is 17.5 Å². The van der Waals surface area contributed by atoms with Gasteiger partial charge in [-0.15, -0.1) is 11.3 Å². The van der Waals surface area contributed by atoms with Crippen LogP contribution in [0.15, 0.2) is 17.6 Å². The van der Waals surface area contributed by atoms with E-state index < -0.39 is 0 Å². The molecule has 1 amide bonds. The minimum atomic E-state index is -0.0443. The number of amides is 1. The number of rotatable bonds is 2. The molecule has 0 spiro atoms. The van der Waals surface area contributed by atoms with Crippen molar-refractivity contribution in [3.05, 3.63) is 37.3 Å². The molecule has 2 heterocycles. The first kappa shape index (κ1) is 12.2. The summed E-state index contributed by atoms with van der Waals surface area (Å²) in [4.78, 5) is 13.6. The Hall–Kier alpha value is -0.890. The van der Waals surface area contributed by atoms with Gasteiger partial charge in [-0.25, -0.2) is 0 Å². The highest BCUT2D eigenvalue weighted by molar-refractivity contribution is 14.1. The summed E-state index contributed by atoms with van der Waals surface area (Å²) in [6.45, 7) is 0. The predicted molar refractivity (Wildman–Crippen MR) is 78.8 cm³/mol. The number of aromatic nitrogens is 2. The molecule has 0 saturated heterocycles. The zero-order valence-electron chi connectivity index (χ0n) is 9.57. The second-order valence-corrected chi connectivity index (χ2v) is 6.39. The van der Waals surface area contributed by atoms with Crippen LogP contribution in [-0.2, 0) is 6.42 Å². The van der Waals surface area contributed by atoms with E-state index in [9.17, 15) is 4.79 Å². The smallest absolute Gasteiger partial charge is 0.256 e. The number of halogens is 1. The molecule has 6 heteroatoms. The van der Waals surface area contributed by atoms with E-state index >= 15 is 0 Å². The second-order valence-electron chi connectivity index (χ2n) is 4.32. The number of hydrogen-bond acceptors (Lipinski definition) is 3. The van der Waals surface area contributed by atoms with Gasteiger partial charge in [-0.3, -0.25) is 9.89 Å². The van der Waals surface area contributed by atoms with Gasteiger partial charge in [-0.05, 0) is 58.9 Å². The van der Waals surface area contributed by atoms with Crippen LogP contribution in [0.1, 0.15) is 39.7 Å². The standard InChI is InChI=1S/C12H12IN3OS/c13-11-8(6-14-16-11)12(17)15-9-2-1-3-10-7(9)4-5-18-10/h4-6,9H,1-3H2,(H,14,16)(H,15,17). The van der Waals surface area contributed by atoms with Gasteiger partial charge in [0.05, 0.1) is 17.8 Å². The number of fused-ring (bicyclic) bond motifs is 1. The molecule has 0 bridgehead atoms. The van der Waals surface area contributed by atoms with Crippen LogP contribution in [0.25, 0.3) is 0 Å². The third-order valence-corrected chi connectivity index (χ3v) is 5.01. The Kier molecular flexibility index (Phi) is 3.38. The maximum absolute atomic E-state index is 12.2. The van der Waals surface area contributed by atoms with Crippen LogP contribution in [-0.4, -0.2) is 16.1 Å². The normalized spacial score (nSPS) is 18.4. The molecule has 0 aliphatic heterocycles. The Morgan fingerprint density at radius 1 is 1.61 bits per heavy atom. The molecule has 94 valence electrons. The number of hydrogen-bond donors (Lipinski definition) is 2. The summed E-state index contributed by atoms with van der Waals surface area (Å²) in [5.41, 5.74) is 1.91. The number of thiophene rings is 1. The summed E-state index contributed by atoms with van der Waals surface area (Å²) in [6, 6.07) is 2.28. The van der Waals surface area contributed by atoms with Gasteiger partial charge < -0.3 is 5.32 Å². The van der Waals surface area contributed by atoms with Gasteiger partial charge in [0.15, 0.2) is 0 Å². The maximum atomic E-state index is 12.2. The predicted octanol–water partition coefficient (Wildman–Crippen LogP) is 2.88. The Morgan fingerprint density at radius 3 is 3.28 bits per heavy atom. The quantitative estimate of drug-likeness (QED) is 0.796. The van der Waals surface area contributed by atoms with Crippen LogP contribution in [0.2, 0.25) is 0 Å². The van der Waals surface area contributed by atoms with Crippen LogP contribution in [0, 0.1) is 3.70 Å². The van der Waals surface area contributed by atoms with Gasteiger partial charge in [0, 0.05) is 4.88 Å². The number of H-pyrrole nitrogens is 1. The molecular formula is C12H12IN3OS. The first-order valence-corrected chi connectivity index (χ1v) is 7.77. The first-order valence-electron chi connectivity index (χ1n) is 5.81. The molecule has 0 radical (unpaired) electrons. The molecule has 0 aromatic carbocycles. The van der Waals surface area contributed by atoms with Gasteiger partial charge in [-0.2, -0.15) is 5.10 Å². The number of aryl methyl sites for hydroxylation is 1. The highest BCUT2D eigenvalue weighted by Gasteiger charge is 2.24. The van der Waals surface area contributed by atoms with Crippen LogP contribution >= 0.6 is 33.9 Å². The first-order chi connectivity index (χ1) is 8.75. The van der Waals surface area contributed by atoms with Crippen molar-refractivity contribution in [1.82, 2.24) is 15.5 Å². The summed E-state index contributed by atoms with van der Waals surface area (Å²) in [7, 11) is 0. The minimum Gasteiger partial charge on any atom is -0.345 e. The lowest BCUT2D eigenvalue weighted by Crippen LogP contribution is -2.30. The SMILES string of the molecule is O=C(NC1CCCc2sccc21)c1cn[nH]c1I. The third-order valence-electron chi connectivity index (χ3n) is 3.19. The molecule has 1 aliphatic carbocycles. The average Bonchev–Trinajstić information content (AvgIpc) is 2.97. The van der Waals surface area contributed by atoms with Crippen LogP contribution < -0.4 is 5.32 Å². The highest BCUT2D eigenvalue weighted by Crippen LogP contribution is 2.33. The van der Waals surface area contributed by atoms with Crippen molar-refractivity contribution in [3.8, 4) is 0 Å². The molecule has 18 heavy (non-hydrogen) atoms. The van der Waals surface area contributed by atoms with E-state index in [0.717, 1.165) is 23.0 Å². The van der Waals surface area contributed by atoms with E-state index in [2.05, 4.69) is 49.6 Å². The molecule has 1 unspecified atom stereocenters. The molecule has 4 nitrogen and oxygen atoms in total. The second kappa shape index (κ2) is 5.00. The zero-order chi connectivity index (χ0) is 12.5. The van der Waals surface area contributed by atoms with Crippen molar-refractivity contribution in [2.45, 2.75) is 25.3 Å². The fourth-order valence-corrected chi connectivity index (χ4v) is 3.81. The van der Waals surface area contributed by atoms with Gasteiger partial charge >= 0.3 is 0 Å². The molecule has 1 atom stereocenters. The summed E-state index contributed by atoms with van der Waals surface area (Å²) >= 11 is 3.87. The summed E-state index contributed by atoms with van der Waals surface area (Å²) < 4.78 is 0.784. The fourth-order valence-electron chi connectivity index (χ4n) is 2.30. The summed E-state index contributed by atoms with van der Waals surface area (Å²) in [6.07, 6.45) is 4.88. The summed E-state index contributed by atoms with van der Waals surface area (Å²) in [5.74, 6) is -0.0443. The van der Waals surface area contributed by atoms with E-state index in [0.29, 0.717) is 5.56 Å². The van der Waals surface area contributed by atoms with Crippen molar-refractivity contribution >= 4 is 39.8 Å². The Labute approximate surface area is 122 Å². The monoisotopic (exact) mass is 373 g/mol. The molecule has 0 saturated carbocycles. The molecule has 2 aromatic heterocycles. The van der Waals surface area contributed by atoms with Crippen molar-refractivity contribution in [2.24, 2.45) is 0 Å². The largest absolute Gasteiger partial charge is 0.345 e. The molecular weight excluding hydrogens is 361 g/mol. The van der Waals surface area contributed by atoms with Crippen molar-refractivity contribution in [3.63, 3.8) is 0 Å². The van der Waals surface area contributed by atoms with Crippen LogP contribution in [0.4, 0.5) is 0 Å². The number of nitrogens with zero attached hydrogens (tertiary/aromatic N) is 1. The van der Waals surface area contributed by atoms with E-state index in [1.165, 1.54) is 10.4 Å². The lowest BCUT2D eigenvalue weighted by atomic mass is 9.94. The maximum Gasteiger partial charge on any atom is 0.256 e. The minimum absolute atomic E-state index is 0.0443. The lowest BCUT2D eigenvalue weighted by Gasteiger charge is -2.23. The Bertz CT molecular complexity index is 577. The average molecular weight is 373 g/mol. The van der Waals surface area contributed by atoms with Gasteiger partial charge in [0.25, 0.3) is 5.91 Å². The number of carbonyl (C=O) groups excluding carboxylic acids is 1. The number of nitrogens with one attached hydrogen (secondary N) is 2. The van der Waals surface area contributed by atoms with Crippen LogP contribution in [0.5, 0.6) is 0 Å². The van der Waals surface area contributed by atoms with E-state index in [4.69, 9.17) is 0 Å². The van der Waals surface area contributed by atoms with Crippen molar-refractivity contribution in [1.29, 1.82) is 0 Å². The van der Waals surface area contributed by atoms with Crippen LogP contribution in [0.3, 0.4) is 0 Å². The third kappa shape index (κ3) is 2.18. The van der Waals surface area contributed by atoms with Gasteiger partial charge in [-0.1, -0.05) is 0 Å². The van der Waals surface area contributed by atoms with E-state index in [1.807, 2.05) is 0 Å². The Balaban J connectivity index is 1.79. The van der Waals surface area contributed by atoms with Crippen molar-refractivity contribution in [2.75, 3.05) is 0 Å². The highest BCUT2D eigenvalue weighted by atomic mass is 127. The fraction of sp³-hybridized carbons (Fsp3) is 0.333. The molecule has 3 rings (SSSR count). The topological polar surface area (TPSA) is 57.8 Å². The zero-order valence-corrected chi connectivity index (χ0v) is 12.5. The van der Waals surface area contributed by atoms with Gasteiger partial charge in [0.1, 0.15) is 3.70 Å². The summed E-state index contributed by atoms with van der Waals surface area (Å²) in [5, 5.41) is 11.9. The molecule has 0 fully saturated rings.